The third-order valence-electron chi connectivity index (χ3n) is 3.18. The number of rotatable bonds is 4. The van der Waals surface area contributed by atoms with Gasteiger partial charge in [-0.25, -0.2) is 0 Å². The zero-order valence-electron chi connectivity index (χ0n) is 9.73. The molecule has 1 fully saturated rings. The molecule has 0 radical (unpaired) electrons. The molecule has 0 atom stereocenters. The van der Waals surface area contributed by atoms with Gasteiger partial charge in [-0.15, -0.1) is 0 Å². The van der Waals surface area contributed by atoms with Gasteiger partial charge in [0.15, 0.2) is 0 Å². The largest absolute Gasteiger partial charge is 0.349 e. The number of nitrogens with zero attached hydrogens (tertiary/aromatic N) is 2. The molecule has 0 N–H and O–H groups in total. The topological polar surface area (TPSA) is 84.5 Å². The molecule has 1 rings (SSSR count). The fourth-order valence-corrected chi connectivity index (χ4v) is 2.29. The lowest BCUT2D eigenvalue weighted by Crippen LogP contribution is -2.78. The van der Waals surface area contributed by atoms with Crippen LogP contribution in [0.5, 0.6) is 0 Å². The first kappa shape index (κ1) is 12.9. The van der Waals surface area contributed by atoms with Crippen molar-refractivity contribution >= 4 is 0 Å². The average Bonchev–Trinajstić information content (AvgIpc) is 2.32. The standard InChI is InChI=1S/C10H14N2O4/c1-13-9(14-2)5-8(6-11,7-12)10(9,15-3)16-4/h5H2,1-4H3. The van der Waals surface area contributed by atoms with Gasteiger partial charge in [-0.1, -0.05) is 0 Å². The second-order valence-electron chi connectivity index (χ2n) is 3.49. The molecule has 0 amide bonds. The van der Waals surface area contributed by atoms with E-state index >= 15 is 0 Å². The molecular formula is C10H14N2O4. The Kier molecular flexibility index (Phi) is 3.22. The van der Waals surface area contributed by atoms with E-state index in [1.165, 1.54) is 28.4 Å². The zero-order valence-corrected chi connectivity index (χ0v) is 9.73. The van der Waals surface area contributed by atoms with Crippen molar-refractivity contribution < 1.29 is 18.9 Å². The molecule has 0 spiro atoms. The Morgan fingerprint density at radius 3 is 1.56 bits per heavy atom. The summed E-state index contributed by atoms with van der Waals surface area (Å²) in [6.45, 7) is 0. The van der Waals surface area contributed by atoms with Crippen LogP contribution in [0.25, 0.3) is 0 Å². The van der Waals surface area contributed by atoms with Gasteiger partial charge in [0.2, 0.25) is 11.2 Å². The van der Waals surface area contributed by atoms with E-state index in [-0.39, 0.29) is 6.42 Å². The lowest BCUT2D eigenvalue weighted by molar-refractivity contribution is -0.469. The highest BCUT2D eigenvalue weighted by molar-refractivity contribution is 5.33. The van der Waals surface area contributed by atoms with Crippen LogP contribution in [-0.4, -0.2) is 40.0 Å². The van der Waals surface area contributed by atoms with E-state index in [2.05, 4.69) is 0 Å². The molecule has 6 heteroatoms. The second kappa shape index (κ2) is 4.00. The molecule has 0 aliphatic heterocycles. The molecular weight excluding hydrogens is 212 g/mol. The van der Waals surface area contributed by atoms with Crippen LogP contribution >= 0.6 is 0 Å². The molecule has 16 heavy (non-hydrogen) atoms. The average molecular weight is 226 g/mol. The van der Waals surface area contributed by atoms with Crippen molar-refractivity contribution in [1.29, 1.82) is 10.5 Å². The highest BCUT2D eigenvalue weighted by atomic mass is 16.8. The molecule has 1 aliphatic carbocycles. The van der Waals surface area contributed by atoms with Gasteiger partial charge in [0.1, 0.15) is 0 Å². The van der Waals surface area contributed by atoms with Crippen LogP contribution in [0.15, 0.2) is 0 Å². The van der Waals surface area contributed by atoms with Crippen LogP contribution in [-0.2, 0) is 18.9 Å². The van der Waals surface area contributed by atoms with Gasteiger partial charge in [0.25, 0.3) is 5.79 Å². The second-order valence-corrected chi connectivity index (χ2v) is 3.49. The zero-order chi connectivity index (χ0) is 12.4. The maximum atomic E-state index is 9.11. The van der Waals surface area contributed by atoms with Gasteiger partial charge in [0.05, 0.1) is 12.1 Å². The van der Waals surface area contributed by atoms with Crippen molar-refractivity contribution in [1.82, 2.24) is 0 Å². The first-order chi connectivity index (χ1) is 7.57. The van der Waals surface area contributed by atoms with Gasteiger partial charge < -0.3 is 18.9 Å². The summed E-state index contributed by atoms with van der Waals surface area (Å²) in [5.41, 5.74) is -1.43. The van der Waals surface area contributed by atoms with Gasteiger partial charge in [-0.05, 0) is 0 Å². The Bertz CT molecular complexity index is 333. The molecule has 0 aromatic carbocycles. The van der Waals surface area contributed by atoms with E-state index in [0.717, 1.165) is 0 Å². The Labute approximate surface area is 94.3 Å². The Morgan fingerprint density at radius 2 is 1.31 bits per heavy atom. The molecule has 0 unspecified atom stereocenters. The summed E-state index contributed by atoms with van der Waals surface area (Å²) < 4.78 is 20.8. The SMILES string of the molecule is COC1(OC)CC(C#N)(C#N)C1(OC)OC. The van der Waals surface area contributed by atoms with E-state index in [9.17, 15) is 0 Å². The molecule has 0 aromatic heterocycles. The number of methoxy groups -OCH3 is 4. The molecule has 0 saturated heterocycles. The molecule has 1 aliphatic rings. The normalized spacial score (nSPS) is 23.9. The van der Waals surface area contributed by atoms with Crippen molar-refractivity contribution in [3.05, 3.63) is 0 Å². The number of hydrogen-bond donors (Lipinski definition) is 0. The monoisotopic (exact) mass is 226 g/mol. The fraction of sp³-hybridized carbons (Fsp3) is 0.800. The highest BCUT2D eigenvalue weighted by Gasteiger charge is 2.80. The predicted octanol–water partition coefficient (Wildman–Crippen LogP) is 0.402. The van der Waals surface area contributed by atoms with Crippen LogP contribution in [0.1, 0.15) is 6.42 Å². The molecule has 6 nitrogen and oxygen atoms in total. The van der Waals surface area contributed by atoms with Gasteiger partial charge >= 0.3 is 0 Å². The van der Waals surface area contributed by atoms with Crippen molar-refractivity contribution in [3.8, 4) is 12.1 Å². The lowest BCUT2D eigenvalue weighted by atomic mass is 9.59. The van der Waals surface area contributed by atoms with E-state index in [1.807, 2.05) is 12.1 Å². The minimum absolute atomic E-state index is 0.0711. The van der Waals surface area contributed by atoms with Crippen molar-refractivity contribution in [2.24, 2.45) is 5.41 Å². The highest BCUT2D eigenvalue weighted by Crippen LogP contribution is 2.60. The van der Waals surface area contributed by atoms with Crippen LogP contribution in [0, 0.1) is 28.1 Å². The Hall–Kier alpha value is -1.18. The Morgan fingerprint density at radius 1 is 0.875 bits per heavy atom. The summed E-state index contributed by atoms with van der Waals surface area (Å²) in [5.74, 6) is -2.77. The van der Waals surface area contributed by atoms with Gasteiger partial charge in [-0.3, -0.25) is 0 Å². The summed E-state index contributed by atoms with van der Waals surface area (Å²) in [6, 6.07) is 3.82. The Balaban J connectivity index is 3.28. The maximum absolute atomic E-state index is 9.11. The number of ether oxygens (including phenoxy) is 4. The van der Waals surface area contributed by atoms with Crippen LogP contribution < -0.4 is 0 Å². The quantitative estimate of drug-likeness (QED) is 0.645. The minimum Gasteiger partial charge on any atom is -0.349 e. The third kappa shape index (κ3) is 1.07. The van der Waals surface area contributed by atoms with Gasteiger partial charge in [0, 0.05) is 34.9 Å². The van der Waals surface area contributed by atoms with Crippen molar-refractivity contribution in [3.63, 3.8) is 0 Å². The molecule has 1 saturated carbocycles. The smallest absolute Gasteiger partial charge is 0.256 e. The van der Waals surface area contributed by atoms with E-state index < -0.39 is 17.0 Å². The minimum atomic E-state index is -1.53. The fourth-order valence-electron chi connectivity index (χ4n) is 2.29. The summed E-state index contributed by atoms with van der Waals surface area (Å²) in [4.78, 5) is 0. The summed E-state index contributed by atoms with van der Waals surface area (Å²) >= 11 is 0. The summed E-state index contributed by atoms with van der Waals surface area (Å²) in [7, 11) is 5.52. The van der Waals surface area contributed by atoms with E-state index in [4.69, 9.17) is 29.5 Å². The summed E-state index contributed by atoms with van der Waals surface area (Å²) in [6.07, 6.45) is 0.0711. The molecule has 0 bridgehead atoms. The number of nitriles is 2. The number of hydrogen-bond acceptors (Lipinski definition) is 6. The van der Waals surface area contributed by atoms with Crippen LogP contribution in [0.2, 0.25) is 0 Å². The third-order valence-corrected chi connectivity index (χ3v) is 3.18. The molecule has 0 heterocycles. The van der Waals surface area contributed by atoms with Crippen molar-refractivity contribution in [2.75, 3.05) is 28.4 Å². The molecule has 0 aromatic rings. The first-order valence-corrected chi connectivity index (χ1v) is 4.60. The van der Waals surface area contributed by atoms with Crippen LogP contribution in [0.3, 0.4) is 0 Å². The van der Waals surface area contributed by atoms with E-state index in [1.54, 1.807) is 0 Å². The predicted molar refractivity (Wildman–Crippen MR) is 51.8 cm³/mol. The van der Waals surface area contributed by atoms with Crippen molar-refractivity contribution in [2.45, 2.75) is 18.0 Å². The lowest BCUT2D eigenvalue weighted by Gasteiger charge is -2.60. The first-order valence-electron chi connectivity index (χ1n) is 4.60. The summed E-state index contributed by atoms with van der Waals surface area (Å²) in [5, 5.41) is 18.2. The van der Waals surface area contributed by atoms with Crippen LogP contribution in [0.4, 0.5) is 0 Å². The van der Waals surface area contributed by atoms with E-state index in [0.29, 0.717) is 0 Å². The maximum Gasteiger partial charge on any atom is 0.256 e. The van der Waals surface area contributed by atoms with Gasteiger partial charge in [-0.2, -0.15) is 10.5 Å². The molecule has 88 valence electrons.